The molecular weight excluding hydrogens is 214 g/mol. The first-order valence-corrected chi connectivity index (χ1v) is 6.75. The van der Waals surface area contributed by atoms with Crippen molar-refractivity contribution in [2.75, 3.05) is 40.3 Å². The summed E-state index contributed by atoms with van der Waals surface area (Å²) in [5, 5.41) is 3.35. The van der Waals surface area contributed by atoms with Crippen LogP contribution in [0.15, 0.2) is 0 Å². The molecule has 2 aliphatic rings. The van der Waals surface area contributed by atoms with Gasteiger partial charge in [0.2, 0.25) is 5.91 Å². The first-order valence-electron chi connectivity index (χ1n) is 6.75. The monoisotopic (exact) mass is 239 g/mol. The number of carbonyl (C=O) groups excluding carboxylic acids is 1. The molecule has 1 N–H and O–H groups in total. The fraction of sp³-hybridized carbons (Fsp3) is 0.923. The molecule has 4 nitrogen and oxygen atoms in total. The fourth-order valence-corrected chi connectivity index (χ4v) is 3.13. The van der Waals surface area contributed by atoms with Crippen molar-refractivity contribution >= 4 is 5.91 Å². The van der Waals surface area contributed by atoms with Gasteiger partial charge in [0.25, 0.3) is 0 Å². The van der Waals surface area contributed by atoms with Crippen molar-refractivity contribution in [2.45, 2.75) is 25.8 Å². The van der Waals surface area contributed by atoms with Gasteiger partial charge in [0.05, 0.1) is 5.92 Å². The smallest absolute Gasteiger partial charge is 0.227 e. The van der Waals surface area contributed by atoms with Crippen LogP contribution in [0.2, 0.25) is 0 Å². The molecule has 0 saturated carbocycles. The van der Waals surface area contributed by atoms with Gasteiger partial charge in [-0.2, -0.15) is 0 Å². The average molecular weight is 239 g/mol. The Labute approximate surface area is 104 Å². The molecule has 0 bridgehead atoms. The Morgan fingerprint density at radius 3 is 2.76 bits per heavy atom. The molecule has 0 aliphatic carbocycles. The molecule has 1 amide bonds. The average Bonchev–Trinajstić information content (AvgIpc) is 2.86. The van der Waals surface area contributed by atoms with Gasteiger partial charge in [-0.1, -0.05) is 0 Å². The summed E-state index contributed by atoms with van der Waals surface area (Å²) in [4.78, 5) is 16.6. The minimum absolute atomic E-state index is 0.194. The summed E-state index contributed by atoms with van der Waals surface area (Å²) in [6, 6.07) is 0.344. The van der Waals surface area contributed by atoms with E-state index in [1.165, 1.54) is 13.0 Å². The Hall–Kier alpha value is -0.610. The van der Waals surface area contributed by atoms with E-state index in [1.807, 2.05) is 11.9 Å². The lowest BCUT2D eigenvalue weighted by Crippen LogP contribution is -2.40. The molecule has 0 radical (unpaired) electrons. The molecule has 2 fully saturated rings. The van der Waals surface area contributed by atoms with Crippen LogP contribution < -0.4 is 5.32 Å². The van der Waals surface area contributed by atoms with Gasteiger partial charge < -0.3 is 15.1 Å². The topological polar surface area (TPSA) is 35.6 Å². The number of nitrogens with one attached hydrogen (secondary N) is 1. The van der Waals surface area contributed by atoms with E-state index in [0.717, 1.165) is 26.1 Å². The molecule has 2 aliphatic heterocycles. The van der Waals surface area contributed by atoms with Gasteiger partial charge >= 0.3 is 0 Å². The Balaban J connectivity index is 1.82. The van der Waals surface area contributed by atoms with Gasteiger partial charge in [0.15, 0.2) is 0 Å². The van der Waals surface area contributed by atoms with Crippen molar-refractivity contribution in [3.63, 3.8) is 0 Å². The second-order valence-electron chi connectivity index (χ2n) is 5.77. The number of hydrogen-bond acceptors (Lipinski definition) is 3. The highest BCUT2D eigenvalue weighted by Crippen LogP contribution is 2.20. The summed E-state index contributed by atoms with van der Waals surface area (Å²) in [5.74, 6) is 1.19. The number of rotatable bonds is 3. The highest BCUT2D eigenvalue weighted by molar-refractivity contribution is 5.79. The van der Waals surface area contributed by atoms with Crippen molar-refractivity contribution in [1.29, 1.82) is 0 Å². The number of nitrogens with zero attached hydrogens (tertiary/aromatic N) is 2. The maximum atomic E-state index is 12.3. The maximum absolute atomic E-state index is 12.3. The second kappa shape index (κ2) is 5.36. The van der Waals surface area contributed by atoms with E-state index in [1.54, 1.807) is 0 Å². The third-order valence-electron chi connectivity index (χ3n) is 4.24. The fourth-order valence-electron chi connectivity index (χ4n) is 3.13. The van der Waals surface area contributed by atoms with E-state index in [0.29, 0.717) is 17.9 Å². The minimum atomic E-state index is 0.194. The molecule has 0 spiro atoms. The van der Waals surface area contributed by atoms with Gasteiger partial charge in [-0.25, -0.2) is 0 Å². The van der Waals surface area contributed by atoms with Crippen molar-refractivity contribution < 1.29 is 4.79 Å². The van der Waals surface area contributed by atoms with Crippen LogP contribution in [0.25, 0.3) is 0 Å². The van der Waals surface area contributed by atoms with E-state index in [-0.39, 0.29) is 5.92 Å². The second-order valence-corrected chi connectivity index (χ2v) is 5.77. The molecular formula is C13H25N3O. The zero-order chi connectivity index (χ0) is 12.4. The van der Waals surface area contributed by atoms with Gasteiger partial charge in [0.1, 0.15) is 0 Å². The number of amides is 1. The highest BCUT2D eigenvalue weighted by atomic mass is 16.2. The molecule has 2 rings (SSSR count). The molecule has 4 heteroatoms. The molecule has 0 aromatic heterocycles. The third kappa shape index (κ3) is 2.99. The molecule has 2 saturated heterocycles. The summed E-state index contributed by atoms with van der Waals surface area (Å²) < 4.78 is 0. The highest BCUT2D eigenvalue weighted by Gasteiger charge is 2.32. The SMILES string of the molecule is CC1NCCC1C(=O)N(C)CC1CCN(C)C1. The first kappa shape index (κ1) is 12.8. The Bertz CT molecular complexity index is 282. The van der Waals surface area contributed by atoms with E-state index < -0.39 is 0 Å². The van der Waals surface area contributed by atoms with Crippen molar-refractivity contribution in [3.05, 3.63) is 0 Å². The van der Waals surface area contributed by atoms with Crippen LogP contribution in [0.5, 0.6) is 0 Å². The lowest BCUT2D eigenvalue weighted by atomic mass is 9.99. The van der Waals surface area contributed by atoms with Crippen LogP contribution in [0, 0.1) is 11.8 Å². The molecule has 2 heterocycles. The van der Waals surface area contributed by atoms with Crippen LogP contribution in [0.4, 0.5) is 0 Å². The number of hydrogen-bond donors (Lipinski definition) is 1. The lowest BCUT2D eigenvalue weighted by Gasteiger charge is -2.25. The van der Waals surface area contributed by atoms with E-state index in [4.69, 9.17) is 0 Å². The van der Waals surface area contributed by atoms with E-state index in [9.17, 15) is 4.79 Å². The van der Waals surface area contributed by atoms with Crippen LogP contribution in [0.3, 0.4) is 0 Å². The minimum Gasteiger partial charge on any atom is -0.345 e. The summed E-state index contributed by atoms with van der Waals surface area (Å²) in [7, 11) is 4.12. The number of carbonyl (C=O) groups is 1. The Kier molecular flexibility index (Phi) is 4.05. The molecule has 17 heavy (non-hydrogen) atoms. The van der Waals surface area contributed by atoms with Gasteiger partial charge in [0, 0.05) is 26.2 Å². The summed E-state index contributed by atoms with van der Waals surface area (Å²) in [6.45, 7) is 6.33. The van der Waals surface area contributed by atoms with E-state index in [2.05, 4.69) is 24.2 Å². The molecule has 0 aromatic rings. The van der Waals surface area contributed by atoms with Gasteiger partial charge in [-0.3, -0.25) is 4.79 Å². The first-order chi connectivity index (χ1) is 8.08. The van der Waals surface area contributed by atoms with Crippen LogP contribution in [-0.2, 0) is 4.79 Å². The largest absolute Gasteiger partial charge is 0.345 e. The molecule has 3 atom stereocenters. The van der Waals surface area contributed by atoms with Crippen LogP contribution >= 0.6 is 0 Å². The predicted molar refractivity (Wildman–Crippen MR) is 68.8 cm³/mol. The normalized spacial score (nSPS) is 34.2. The zero-order valence-corrected chi connectivity index (χ0v) is 11.3. The number of likely N-dealkylation sites (tertiary alicyclic amines) is 1. The van der Waals surface area contributed by atoms with Crippen LogP contribution in [-0.4, -0.2) is 62.0 Å². The maximum Gasteiger partial charge on any atom is 0.227 e. The zero-order valence-electron chi connectivity index (χ0n) is 11.3. The quantitative estimate of drug-likeness (QED) is 0.774. The standard InChI is InChI=1S/C13H25N3O/c1-10-12(4-6-14-10)13(17)16(3)9-11-5-7-15(2)8-11/h10-12,14H,4-9H2,1-3H3. The van der Waals surface area contributed by atoms with Crippen LogP contribution in [0.1, 0.15) is 19.8 Å². The van der Waals surface area contributed by atoms with Crippen molar-refractivity contribution in [2.24, 2.45) is 11.8 Å². The molecule has 0 aromatic carbocycles. The van der Waals surface area contributed by atoms with E-state index >= 15 is 0 Å². The summed E-state index contributed by atoms with van der Waals surface area (Å²) in [6.07, 6.45) is 2.22. The van der Waals surface area contributed by atoms with Gasteiger partial charge in [-0.05, 0) is 45.8 Å². The van der Waals surface area contributed by atoms with Crippen molar-refractivity contribution in [3.8, 4) is 0 Å². The van der Waals surface area contributed by atoms with Crippen molar-refractivity contribution in [1.82, 2.24) is 15.1 Å². The summed E-state index contributed by atoms with van der Waals surface area (Å²) in [5.41, 5.74) is 0. The Morgan fingerprint density at radius 2 is 2.24 bits per heavy atom. The van der Waals surface area contributed by atoms with Gasteiger partial charge in [-0.15, -0.1) is 0 Å². The lowest BCUT2D eigenvalue weighted by molar-refractivity contribution is -0.134. The predicted octanol–water partition coefficient (Wildman–Crippen LogP) is 0.395. The third-order valence-corrected chi connectivity index (χ3v) is 4.24. The summed E-state index contributed by atoms with van der Waals surface area (Å²) >= 11 is 0. The molecule has 98 valence electrons. The molecule has 3 unspecified atom stereocenters. The Morgan fingerprint density at radius 1 is 1.47 bits per heavy atom.